The van der Waals surface area contributed by atoms with E-state index in [0.29, 0.717) is 19.1 Å². The molecule has 0 saturated carbocycles. The van der Waals surface area contributed by atoms with Gasteiger partial charge in [0.25, 0.3) is 0 Å². The number of carbonyl (C=O) groups excluding carboxylic acids is 1. The Morgan fingerprint density at radius 1 is 0.633 bits per heavy atom. The average molecular weight is 425 g/mol. The van der Waals surface area contributed by atoms with Crippen LogP contribution in [0.2, 0.25) is 0 Å². The van der Waals surface area contributed by atoms with Gasteiger partial charge in [-0.2, -0.15) is 0 Å². The van der Waals surface area contributed by atoms with Gasteiger partial charge in [0, 0.05) is 0 Å². The summed E-state index contributed by atoms with van der Waals surface area (Å²) < 4.78 is 10.0. The smallest absolute Gasteiger partial charge is 0.434 e. The quantitative estimate of drug-likeness (QED) is 0.0986. The van der Waals surface area contributed by atoms with E-state index in [9.17, 15) is 4.79 Å². The predicted molar refractivity (Wildman–Crippen MR) is 130 cm³/mol. The van der Waals surface area contributed by atoms with Crippen LogP contribution >= 0.6 is 0 Å². The van der Waals surface area contributed by atoms with Crippen LogP contribution in [-0.2, 0) is 9.47 Å². The van der Waals surface area contributed by atoms with Gasteiger partial charge in [0.2, 0.25) is 0 Å². The van der Waals surface area contributed by atoms with E-state index >= 15 is 0 Å². The first-order chi connectivity index (χ1) is 14.7. The third-order valence-electron chi connectivity index (χ3n) is 5.41. The van der Waals surface area contributed by atoms with Gasteiger partial charge in [0.1, 0.15) is 0 Å². The van der Waals surface area contributed by atoms with Crippen molar-refractivity contribution in [3.63, 3.8) is 0 Å². The van der Waals surface area contributed by atoms with Crippen LogP contribution < -0.4 is 0 Å². The highest BCUT2D eigenvalue weighted by Crippen LogP contribution is 2.12. The van der Waals surface area contributed by atoms with Crippen LogP contribution in [-0.4, -0.2) is 19.4 Å². The molecule has 0 unspecified atom stereocenters. The third kappa shape index (κ3) is 25.0. The second kappa shape index (κ2) is 24.3. The van der Waals surface area contributed by atoms with E-state index in [1.54, 1.807) is 0 Å². The summed E-state index contributed by atoms with van der Waals surface area (Å²) >= 11 is 0. The van der Waals surface area contributed by atoms with Gasteiger partial charge in [-0.15, -0.1) is 0 Å². The fourth-order valence-electron chi connectivity index (χ4n) is 3.49. The number of ether oxygens (including phenoxy) is 2. The number of rotatable bonds is 22. The molecule has 0 fully saturated rings. The van der Waals surface area contributed by atoms with Crippen LogP contribution in [0.5, 0.6) is 0 Å². The molecule has 178 valence electrons. The topological polar surface area (TPSA) is 35.5 Å². The maximum absolute atomic E-state index is 11.3. The minimum absolute atomic E-state index is 0.356. The molecule has 0 aromatic carbocycles. The van der Waals surface area contributed by atoms with Crippen molar-refractivity contribution in [1.29, 1.82) is 0 Å². The third-order valence-corrected chi connectivity index (χ3v) is 5.41. The lowest BCUT2D eigenvalue weighted by Gasteiger charge is -2.07. The summed E-state index contributed by atoms with van der Waals surface area (Å²) in [6.45, 7) is 7.24. The van der Waals surface area contributed by atoms with Crippen molar-refractivity contribution in [3.05, 3.63) is 12.2 Å². The Kier molecular flexibility index (Phi) is 23.5. The Hall–Kier alpha value is -0.990. The molecular formula is C27H52O3. The minimum Gasteiger partial charge on any atom is -0.434 e. The molecule has 0 rings (SSSR count). The molecule has 0 N–H and O–H groups in total. The van der Waals surface area contributed by atoms with Crippen molar-refractivity contribution in [3.8, 4) is 0 Å². The zero-order chi connectivity index (χ0) is 22.1. The Morgan fingerprint density at radius 2 is 1.07 bits per heavy atom. The van der Waals surface area contributed by atoms with Crippen LogP contribution in [0.3, 0.4) is 0 Å². The van der Waals surface area contributed by atoms with E-state index in [2.05, 4.69) is 19.1 Å². The Morgan fingerprint density at radius 3 is 1.53 bits per heavy atom. The van der Waals surface area contributed by atoms with E-state index in [1.165, 1.54) is 103 Å². The van der Waals surface area contributed by atoms with Crippen LogP contribution in [0.15, 0.2) is 12.2 Å². The van der Waals surface area contributed by atoms with Gasteiger partial charge < -0.3 is 9.47 Å². The Balaban J connectivity index is 3.14. The molecule has 0 aliphatic rings. The molecule has 0 spiro atoms. The van der Waals surface area contributed by atoms with Gasteiger partial charge in [-0.25, -0.2) is 4.79 Å². The molecule has 0 aliphatic carbocycles. The highest BCUT2D eigenvalue weighted by molar-refractivity contribution is 5.59. The van der Waals surface area contributed by atoms with Crippen LogP contribution in [0, 0.1) is 5.92 Å². The summed E-state index contributed by atoms with van der Waals surface area (Å²) in [5, 5.41) is 0. The molecule has 0 aromatic rings. The van der Waals surface area contributed by atoms with E-state index < -0.39 is 6.16 Å². The highest BCUT2D eigenvalue weighted by atomic mass is 16.7. The van der Waals surface area contributed by atoms with Crippen molar-refractivity contribution >= 4 is 6.16 Å². The SMILES string of the molecule is CCCCCCCC/C=C\CCCCCCCCCCCCOC(=O)OCC(C)C. The normalized spacial score (nSPS) is 11.5. The molecule has 0 radical (unpaired) electrons. The number of allylic oxidation sites excluding steroid dienone is 2. The van der Waals surface area contributed by atoms with Crippen LogP contribution in [0.4, 0.5) is 4.79 Å². The molecule has 3 nitrogen and oxygen atoms in total. The number of unbranched alkanes of at least 4 members (excludes halogenated alkanes) is 16. The fraction of sp³-hybridized carbons (Fsp3) is 0.889. The molecule has 0 aliphatic heterocycles. The first-order valence-corrected chi connectivity index (χ1v) is 13.1. The van der Waals surface area contributed by atoms with Gasteiger partial charge in [0.15, 0.2) is 0 Å². The molecule has 0 aromatic heterocycles. The first kappa shape index (κ1) is 29.0. The maximum Gasteiger partial charge on any atom is 0.508 e. The van der Waals surface area contributed by atoms with E-state index in [1.807, 2.05) is 13.8 Å². The minimum atomic E-state index is -0.517. The van der Waals surface area contributed by atoms with Crippen molar-refractivity contribution < 1.29 is 14.3 Å². The second-order valence-corrected chi connectivity index (χ2v) is 9.16. The van der Waals surface area contributed by atoms with E-state index in [4.69, 9.17) is 9.47 Å². The van der Waals surface area contributed by atoms with Gasteiger partial charge in [0.05, 0.1) is 13.2 Å². The van der Waals surface area contributed by atoms with Gasteiger partial charge in [-0.3, -0.25) is 0 Å². The van der Waals surface area contributed by atoms with Crippen LogP contribution in [0.1, 0.15) is 136 Å². The molecule has 0 amide bonds. The molecule has 3 heteroatoms. The van der Waals surface area contributed by atoms with Gasteiger partial charge in [-0.05, 0) is 38.0 Å². The zero-order valence-electron chi connectivity index (χ0n) is 20.6. The Bertz CT molecular complexity index is 376. The number of hydrogen-bond donors (Lipinski definition) is 0. The monoisotopic (exact) mass is 424 g/mol. The lowest BCUT2D eigenvalue weighted by molar-refractivity contribution is 0.0465. The lowest BCUT2D eigenvalue weighted by atomic mass is 10.1. The average Bonchev–Trinajstić information content (AvgIpc) is 2.73. The van der Waals surface area contributed by atoms with Crippen molar-refractivity contribution in [2.24, 2.45) is 5.92 Å². The summed E-state index contributed by atoms with van der Waals surface area (Å²) in [4.78, 5) is 11.3. The second-order valence-electron chi connectivity index (χ2n) is 9.16. The predicted octanol–water partition coefficient (Wildman–Crippen LogP) is 9.39. The number of hydrogen-bond acceptors (Lipinski definition) is 3. The summed E-state index contributed by atoms with van der Waals surface area (Å²) in [7, 11) is 0. The molecule has 0 saturated heterocycles. The Labute approximate surface area is 188 Å². The molecule has 0 bridgehead atoms. The van der Waals surface area contributed by atoms with Gasteiger partial charge >= 0.3 is 6.16 Å². The summed E-state index contributed by atoms with van der Waals surface area (Å²) in [5.74, 6) is 0.356. The van der Waals surface area contributed by atoms with Gasteiger partial charge in [-0.1, -0.05) is 116 Å². The molecule has 30 heavy (non-hydrogen) atoms. The van der Waals surface area contributed by atoms with Crippen molar-refractivity contribution in [1.82, 2.24) is 0 Å². The highest BCUT2D eigenvalue weighted by Gasteiger charge is 2.04. The fourth-order valence-corrected chi connectivity index (χ4v) is 3.49. The summed E-state index contributed by atoms with van der Waals surface area (Å²) in [6, 6.07) is 0. The first-order valence-electron chi connectivity index (χ1n) is 13.1. The van der Waals surface area contributed by atoms with E-state index in [-0.39, 0.29) is 0 Å². The zero-order valence-corrected chi connectivity index (χ0v) is 20.6. The lowest BCUT2D eigenvalue weighted by Crippen LogP contribution is -2.12. The summed E-state index contributed by atoms with van der Waals surface area (Å²) in [6.07, 6.45) is 28.1. The summed E-state index contributed by atoms with van der Waals surface area (Å²) in [5.41, 5.74) is 0. The van der Waals surface area contributed by atoms with Crippen LogP contribution in [0.25, 0.3) is 0 Å². The standard InChI is InChI=1S/C27H52O3/c1-4-5-6-7-8-9-10-11-12-13-14-15-16-17-18-19-20-21-22-23-24-29-27(28)30-25-26(2)3/h11-12,26H,4-10,13-25H2,1-3H3/b12-11-. The largest absolute Gasteiger partial charge is 0.508 e. The maximum atomic E-state index is 11.3. The number of carbonyl (C=O) groups is 1. The van der Waals surface area contributed by atoms with Crippen molar-refractivity contribution in [2.45, 2.75) is 136 Å². The van der Waals surface area contributed by atoms with Crippen molar-refractivity contribution in [2.75, 3.05) is 13.2 Å². The molecular weight excluding hydrogens is 372 g/mol. The molecule has 0 heterocycles. The van der Waals surface area contributed by atoms with E-state index in [0.717, 1.165) is 12.8 Å². The molecule has 0 atom stereocenters.